The van der Waals surface area contributed by atoms with Crippen LogP contribution in [0.5, 0.6) is 0 Å². The van der Waals surface area contributed by atoms with E-state index in [-0.39, 0.29) is 5.75 Å². The van der Waals surface area contributed by atoms with Crippen LogP contribution in [0.2, 0.25) is 0 Å². The Balaban J connectivity index is 1.68. The number of nitrogens with one attached hydrogen (secondary N) is 1. The molecule has 0 saturated carbocycles. The molecule has 1 aliphatic rings. The lowest BCUT2D eigenvalue weighted by Crippen LogP contribution is -2.37. The zero-order valence-corrected chi connectivity index (χ0v) is 18.5. The lowest BCUT2D eigenvalue weighted by Gasteiger charge is -2.28. The van der Waals surface area contributed by atoms with Crippen LogP contribution >= 0.6 is 11.3 Å². The molecule has 31 heavy (non-hydrogen) atoms. The largest absolute Gasteiger partial charge is 0.378 e. The van der Waals surface area contributed by atoms with Gasteiger partial charge in [-0.05, 0) is 12.1 Å². The molecule has 5 rings (SSSR count). The smallest absolute Gasteiger partial charge is 0.163 e. The lowest BCUT2D eigenvalue weighted by atomic mass is 10.1. The minimum atomic E-state index is -3.20. The highest BCUT2D eigenvalue weighted by atomic mass is 32.2. The average Bonchev–Trinajstić information content (AvgIpc) is 3.39. The van der Waals surface area contributed by atoms with Gasteiger partial charge in [-0.1, -0.05) is 12.1 Å². The minimum Gasteiger partial charge on any atom is -0.378 e. The summed E-state index contributed by atoms with van der Waals surface area (Å²) in [6.07, 6.45) is 2.97. The summed E-state index contributed by atoms with van der Waals surface area (Å²) in [5.74, 6) is 1.31. The first kappa shape index (κ1) is 20.3. The van der Waals surface area contributed by atoms with E-state index >= 15 is 0 Å². The second-order valence-electron chi connectivity index (χ2n) is 7.67. The van der Waals surface area contributed by atoms with Gasteiger partial charge in [0.15, 0.2) is 5.82 Å². The molecule has 0 spiro atoms. The van der Waals surface area contributed by atoms with E-state index in [0.717, 1.165) is 50.5 Å². The number of sulfone groups is 1. The maximum Gasteiger partial charge on any atom is 0.163 e. The predicted molar refractivity (Wildman–Crippen MR) is 122 cm³/mol. The van der Waals surface area contributed by atoms with Crippen LogP contribution in [0.1, 0.15) is 10.9 Å². The van der Waals surface area contributed by atoms with E-state index < -0.39 is 15.9 Å². The molecule has 3 aromatic heterocycles. The molecule has 162 valence electrons. The van der Waals surface area contributed by atoms with Gasteiger partial charge in [-0.15, -0.1) is 11.3 Å². The number of rotatable bonds is 5. The molecule has 0 radical (unpaired) electrons. The molecule has 4 aromatic rings. The first-order valence-corrected chi connectivity index (χ1v) is 12.8. The number of aromatic amines is 1. The molecule has 1 aliphatic heterocycles. The summed E-state index contributed by atoms with van der Waals surface area (Å²) in [6, 6.07) is 7.21. The highest BCUT2D eigenvalue weighted by molar-refractivity contribution is 7.90. The standard InChI is InChI=1S/C20H22N6O3S2/c1-31(27,28)11-15(21)17-9-13-19(26-5-7-29-8-6-26)23-18(24-20(13)30-17)12-3-2-4-16-14(12)10-22-25-16/h2-4,9-10,15H,5-8,11,21H2,1H3,(H,22,25). The van der Waals surface area contributed by atoms with E-state index in [1.165, 1.54) is 17.6 Å². The number of hydrogen-bond donors (Lipinski definition) is 2. The van der Waals surface area contributed by atoms with E-state index in [1.807, 2.05) is 24.3 Å². The molecular weight excluding hydrogens is 436 g/mol. The van der Waals surface area contributed by atoms with Gasteiger partial charge in [0.1, 0.15) is 20.5 Å². The number of benzene rings is 1. The third kappa shape index (κ3) is 4.01. The minimum absolute atomic E-state index is 0.110. The van der Waals surface area contributed by atoms with Gasteiger partial charge in [0.25, 0.3) is 0 Å². The Morgan fingerprint density at radius 3 is 2.84 bits per heavy atom. The molecule has 3 N–H and O–H groups in total. The molecule has 9 nitrogen and oxygen atoms in total. The number of nitrogens with zero attached hydrogens (tertiary/aromatic N) is 4. The van der Waals surface area contributed by atoms with Gasteiger partial charge in [0, 0.05) is 35.2 Å². The second-order valence-corrected chi connectivity index (χ2v) is 10.9. The molecule has 0 amide bonds. The van der Waals surface area contributed by atoms with Crippen LogP contribution in [0.25, 0.3) is 32.5 Å². The van der Waals surface area contributed by atoms with Crippen LogP contribution in [-0.4, -0.2) is 66.9 Å². The van der Waals surface area contributed by atoms with Crippen LogP contribution in [0.15, 0.2) is 30.5 Å². The lowest BCUT2D eigenvalue weighted by molar-refractivity contribution is 0.122. The van der Waals surface area contributed by atoms with Gasteiger partial charge < -0.3 is 15.4 Å². The number of morpholine rings is 1. The van der Waals surface area contributed by atoms with E-state index in [0.29, 0.717) is 19.0 Å². The van der Waals surface area contributed by atoms with Crippen molar-refractivity contribution in [3.63, 3.8) is 0 Å². The van der Waals surface area contributed by atoms with Crippen molar-refractivity contribution < 1.29 is 13.2 Å². The summed E-state index contributed by atoms with van der Waals surface area (Å²) in [7, 11) is -3.20. The topological polar surface area (TPSA) is 127 Å². The highest BCUT2D eigenvalue weighted by Crippen LogP contribution is 2.37. The molecule has 1 aromatic carbocycles. The molecule has 0 aliphatic carbocycles. The summed E-state index contributed by atoms with van der Waals surface area (Å²) in [6.45, 7) is 2.70. The third-order valence-electron chi connectivity index (χ3n) is 5.28. The number of aromatic nitrogens is 4. The first-order valence-electron chi connectivity index (χ1n) is 9.89. The summed E-state index contributed by atoms with van der Waals surface area (Å²) in [4.78, 5) is 13.5. The normalized spacial score (nSPS) is 16.3. The first-order chi connectivity index (χ1) is 14.9. The quantitative estimate of drug-likeness (QED) is 0.466. The van der Waals surface area contributed by atoms with E-state index in [9.17, 15) is 8.42 Å². The summed E-state index contributed by atoms with van der Waals surface area (Å²) in [5, 5.41) is 8.96. The van der Waals surface area contributed by atoms with Crippen molar-refractivity contribution in [1.29, 1.82) is 0 Å². The van der Waals surface area contributed by atoms with Crippen molar-refractivity contribution >= 4 is 48.1 Å². The number of hydrogen-bond acceptors (Lipinski definition) is 9. The Kier molecular flexibility index (Phi) is 5.13. The number of anilines is 1. The van der Waals surface area contributed by atoms with Crippen molar-refractivity contribution in [2.45, 2.75) is 6.04 Å². The summed E-state index contributed by atoms with van der Waals surface area (Å²) >= 11 is 1.42. The Hall–Kier alpha value is -2.60. The second kappa shape index (κ2) is 7.83. The van der Waals surface area contributed by atoms with Crippen molar-refractivity contribution in [3.05, 3.63) is 35.3 Å². The monoisotopic (exact) mass is 458 g/mol. The van der Waals surface area contributed by atoms with Crippen molar-refractivity contribution in [3.8, 4) is 11.4 Å². The zero-order chi connectivity index (χ0) is 21.6. The fourth-order valence-corrected chi connectivity index (χ4v) is 5.78. The number of ether oxygens (including phenoxy) is 1. The van der Waals surface area contributed by atoms with Gasteiger partial charge in [-0.3, -0.25) is 5.10 Å². The predicted octanol–water partition coefficient (Wildman–Crippen LogP) is 2.12. The van der Waals surface area contributed by atoms with Crippen LogP contribution in [0.3, 0.4) is 0 Å². The van der Waals surface area contributed by atoms with Gasteiger partial charge in [-0.25, -0.2) is 18.4 Å². The average molecular weight is 459 g/mol. The van der Waals surface area contributed by atoms with Crippen LogP contribution in [0, 0.1) is 0 Å². The highest BCUT2D eigenvalue weighted by Gasteiger charge is 2.23. The summed E-state index contributed by atoms with van der Waals surface area (Å²) in [5.41, 5.74) is 8.02. The zero-order valence-electron chi connectivity index (χ0n) is 16.9. The number of H-pyrrole nitrogens is 1. The molecule has 1 fully saturated rings. The Morgan fingerprint density at radius 2 is 2.06 bits per heavy atom. The molecule has 0 bridgehead atoms. The SMILES string of the molecule is CS(=O)(=O)CC(N)c1cc2c(N3CCOCC3)nc(-c3cccc4[nH]ncc34)nc2s1. The number of thiophene rings is 1. The van der Waals surface area contributed by atoms with Crippen molar-refractivity contribution in [2.24, 2.45) is 5.73 Å². The van der Waals surface area contributed by atoms with Crippen molar-refractivity contribution in [2.75, 3.05) is 43.2 Å². The maximum absolute atomic E-state index is 11.7. The molecule has 1 unspecified atom stereocenters. The number of fused-ring (bicyclic) bond motifs is 2. The van der Waals surface area contributed by atoms with Crippen LogP contribution < -0.4 is 10.6 Å². The third-order valence-corrected chi connectivity index (χ3v) is 7.40. The van der Waals surface area contributed by atoms with Gasteiger partial charge in [0.05, 0.1) is 42.1 Å². The van der Waals surface area contributed by atoms with Gasteiger partial charge in [0.2, 0.25) is 0 Å². The molecule has 11 heteroatoms. The van der Waals surface area contributed by atoms with E-state index in [1.54, 1.807) is 6.20 Å². The maximum atomic E-state index is 11.7. The Labute approximate surface area is 183 Å². The van der Waals surface area contributed by atoms with E-state index in [4.69, 9.17) is 20.4 Å². The van der Waals surface area contributed by atoms with Crippen LogP contribution in [0.4, 0.5) is 5.82 Å². The molecular formula is C20H22N6O3S2. The Morgan fingerprint density at radius 1 is 1.26 bits per heavy atom. The van der Waals surface area contributed by atoms with Crippen LogP contribution in [-0.2, 0) is 14.6 Å². The molecule has 1 saturated heterocycles. The number of nitrogens with two attached hydrogens (primary N) is 1. The summed E-state index contributed by atoms with van der Waals surface area (Å²) < 4.78 is 29.0. The molecule has 4 heterocycles. The fraction of sp³-hybridized carbons (Fsp3) is 0.350. The van der Waals surface area contributed by atoms with Gasteiger partial charge >= 0.3 is 0 Å². The molecule has 1 atom stereocenters. The van der Waals surface area contributed by atoms with Gasteiger partial charge in [-0.2, -0.15) is 5.10 Å². The fourth-order valence-electron chi connectivity index (χ4n) is 3.82. The van der Waals surface area contributed by atoms with E-state index in [2.05, 4.69) is 15.1 Å². The Bertz CT molecular complexity index is 1360. The van der Waals surface area contributed by atoms with Crippen molar-refractivity contribution in [1.82, 2.24) is 20.2 Å².